The molecule has 68 valence electrons. The average molecular weight is 177 g/mol. The third kappa shape index (κ3) is 2.72. The molecule has 0 saturated heterocycles. The van der Waals surface area contributed by atoms with Gasteiger partial charge in [-0.3, -0.25) is 4.79 Å². The molecule has 0 spiro atoms. The van der Waals surface area contributed by atoms with Crippen LogP contribution in [0.15, 0.2) is 30.3 Å². The molecule has 3 nitrogen and oxygen atoms in total. The SMILES string of the molecule is NC(=O)C=Cc1ccccc1CO. The number of carbonyl (C=O) groups excluding carboxylic acids is 1. The van der Waals surface area contributed by atoms with Crippen molar-refractivity contribution in [2.75, 3.05) is 0 Å². The first-order chi connectivity index (χ1) is 6.24. The minimum absolute atomic E-state index is 0.0424. The molecule has 0 radical (unpaired) electrons. The number of primary amides is 1. The van der Waals surface area contributed by atoms with E-state index in [1.54, 1.807) is 12.1 Å². The normalized spacial score (nSPS) is 10.5. The van der Waals surface area contributed by atoms with E-state index in [-0.39, 0.29) is 6.61 Å². The third-order valence-electron chi connectivity index (χ3n) is 1.65. The third-order valence-corrected chi connectivity index (χ3v) is 1.65. The summed E-state index contributed by atoms with van der Waals surface area (Å²) in [6.45, 7) is -0.0424. The maximum Gasteiger partial charge on any atom is 0.241 e. The van der Waals surface area contributed by atoms with Crippen molar-refractivity contribution in [2.24, 2.45) is 5.73 Å². The summed E-state index contributed by atoms with van der Waals surface area (Å²) in [4.78, 5) is 10.4. The van der Waals surface area contributed by atoms with E-state index < -0.39 is 5.91 Å². The van der Waals surface area contributed by atoms with E-state index >= 15 is 0 Å². The van der Waals surface area contributed by atoms with Gasteiger partial charge in [-0.1, -0.05) is 24.3 Å². The predicted octanol–water partition coefficient (Wildman–Crippen LogP) is 0.677. The summed E-state index contributed by atoms with van der Waals surface area (Å²) in [5.74, 6) is -0.493. The van der Waals surface area contributed by atoms with Crippen molar-refractivity contribution >= 4 is 12.0 Å². The van der Waals surface area contributed by atoms with Gasteiger partial charge in [0.25, 0.3) is 0 Å². The van der Waals surface area contributed by atoms with Crippen LogP contribution in [0.25, 0.3) is 6.08 Å². The van der Waals surface area contributed by atoms with Gasteiger partial charge in [-0.25, -0.2) is 0 Å². The summed E-state index contributed by atoms with van der Waals surface area (Å²) in [6.07, 6.45) is 2.86. The van der Waals surface area contributed by atoms with E-state index in [0.717, 1.165) is 11.1 Å². The van der Waals surface area contributed by atoms with Crippen molar-refractivity contribution < 1.29 is 9.90 Å². The first-order valence-corrected chi connectivity index (χ1v) is 3.90. The van der Waals surface area contributed by atoms with Crippen molar-refractivity contribution in [1.29, 1.82) is 0 Å². The number of rotatable bonds is 3. The number of nitrogens with two attached hydrogens (primary N) is 1. The molecule has 0 bridgehead atoms. The molecule has 3 heteroatoms. The zero-order valence-electron chi connectivity index (χ0n) is 7.10. The molecule has 0 aliphatic heterocycles. The second-order valence-electron chi connectivity index (χ2n) is 2.59. The first kappa shape index (κ1) is 9.48. The first-order valence-electron chi connectivity index (χ1n) is 3.90. The molecule has 13 heavy (non-hydrogen) atoms. The lowest BCUT2D eigenvalue weighted by Gasteiger charge is -2.00. The zero-order chi connectivity index (χ0) is 9.68. The zero-order valence-corrected chi connectivity index (χ0v) is 7.10. The Morgan fingerprint density at radius 3 is 2.77 bits per heavy atom. The quantitative estimate of drug-likeness (QED) is 0.667. The Morgan fingerprint density at radius 1 is 1.46 bits per heavy atom. The van der Waals surface area contributed by atoms with Crippen LogP contribution in [0.5, 0.6) is 0 Å². The minimum atomic E-state index is -0.493. The molecule has 0 aliphatic carbocycles. The Hall–Kier alpha value is -1.61. The Bertz CT molecular complexity index is 331. The van der Waals surface area contributed by atoms with Crippen molar-refractivity contribution in [2.45, 2.75) is 6.61 Å². The summed E-state index contributed by atoms with van der Waals surface area (Å²) in [6, 6.07) is 7.26. The predicted molar refractivity (Wildman–Crippen MR) is 50.6 cm³/mol. The van der Waals surface area contributed by atoms with E-state index in [1.807, 2.05) is 18.2 Å². The van der Waals surface area contributed by atoms with Crippen LogP contribution < -0.4 is 5.73 Å². The fraction of sp³-hybridized carbons (Fsp3) is 0.100. The Morgan fingerprint density at radius 2 is 2.15 bits per heavy atom. The van der Waals surface area contributed by atoms with Gasteiger partial charge in [-0.2, -0.15) is 0 Å². The average Bonchev–Trinajstić information content (AvgIpc) is 2.15. The summed E-state index contributed by atoms with van der Waals surface area (Å²) in [5, 5.41) is 8.93. The molecular weight excluding hydrogens is 166 g/mol. The second-order valence-corrected chi connectivity index (χ2v) is 2.59. The van der Waals surface area contributed by atoms with Gasteiger partial charge < -0.3 is 10.8 Å². The molecule has 1 rings (SSSR count). The largest absolute Gasteiger partial charge is 0.392 e. The molecule has 0 aromatic heterocycles. The highest BCUT2D eigenvalue weighted by molar-refractivity contribution is 5.90. The molecule has 0 fully saturated rings. The number of carbonyl (C=O) groups is 1. The lowest BCUT2D eigenvalue weighted by atomic mass is 10.1. The number of amides is 1. The molecule has 0 aliphatic rings. The number of hydrogen-bond donors (Lipinski definition) is 2. The fourth-order valence-corrected chi connectivity index (χ4v) is 1.01. The number of aliphatic hydroxyl groups is 1. The molecule has 0 atom stereocenters. The van der Waals surface area contributed by atoms with Gasteiger partial charge in [0.05, 0.1) is 6.61 Å². The summed E-state index contributed by atoms with van der Waals surface area (Å²) in [5.41, 5.74) is 6.53. The Labute approximate surface area is 76.5 Å². The van der Waals surface area contributed by atoms with E-state index in [4.69, 9.17) is 10.8 Å². The van der Waals surface area contributed by atoms with Crippen LogP contribution in [-0.2, 0) is 11.4 Å². The number of hydrogen-bond acceptors (Lipinski definition) is 2. The Kier molecular flexibility index (Phi) is 3.23. The molecule has 1 aromatic rings. The van der Waals surface area contributed by atoms with Gasteiger partial charge in [0.2, 0.25) is 5.91 Å². The molecule has 1 amide bonds. The van der Waals surface area contributed by atoms with Gasteiger partial charge in [-0.05, 0) is 17.2 Å². The van der Waals surface area contributed by atoms with Crippen molar-refractivity contribution in [3.05, 3.63) is 41.5 Å². The Balaban J connectivity index is 2.93. The topological polar surface area (TPSA) is 63.3 Å². The molecule has 0 saturated carbocycles. The lowest BCUT2D eigenvalue weighted by molar-refractivity contribution is -0.113. The van der Waals surface area contributed by atoms with Crippen molar-refractivity contribution in [1.82, 2.24) is 0 Å². The molecule has 0 heterocycles. The van der Waals surface area contributed by atoms with Gasteiger partial charge in [0.1, 0.15) is 0 Å². The lowest BCUT2D eigenvalue weighted by Crippen LogP contribution is -2.05. The number of benzene rings is 1. The van der Waals surface area contributed by atoms with E-state index in [1.165, 1.54) is 6.08 Å². The summed E-state index contributed by atoms with van der Waals surface area (Å²) >= 11 is 0. The molecule has 0 unspecified atom stereocenters. The maximum atomic E-state index is 10.4. The molecule has 3 N–H and O–H groups in total. The summed E-state index contributed by atoms with van der Waals surface area (Å²) < 4.78 is 0. The molecular formula is C10H11NO2. The summed E-state index contributed by atoms with van der Waals surface area (Å²) in [7, 11) is 0. The standard InChI is InChI=1S/C10H11NO2/c11-10(13)6-5-8-3-1-2-4-9(8)7-12/h1-6,12H,7H2,(H2,11,13). The van der Waals surface area contributed by atoms with Gasteiger partial charge in [0.15, 0.2) is 0 Å². The van der Waals surface area contributed by atoms with Crippen molar-refractivity contribution in [3.63, 3.8) is 0 Å². The van der Waals surface area contributed by atoms with Crippen LogP contribution in [0.1, 0.15) is 11.1 Å². The highest BCUT2D eigenvalue weighted by atomic mass is 16.3. The monoisotopic (exact) mass is 177 g/mol. The van der Waals surface area contributed by atoms with Crippen LogP contribution >= 0.6 is 0 Å². The van der Waals surface area contributed by atoms with Crippen LogP contribution in [0.2, 0.25) is 0 Å². The van der Waals surface area contributed by atoms with Crippen LogP contribution in [-0.4, -0.2) is 11.0 Å². The van der Waals surface area contributed by atoms with Gasteiger partial charge in [0, 0.05) is 6.08 Å². The van der Waals surface area contributed by atoms with Gasteiger partial charge in [-0.15, -0.1) is 0 Å². The highest BCUT2D eigenvalue weighted by Gasteiger charge is 1.95. The van der Waals surface area contributed by atoms with Crippen LogP contribution in [0, 0.1) is 0 Å². The van der Waals surface area contributed by atoms with Crippen molar-refractivity contribution in [3.8, 4) is 0 Å². The van der Waals surface area contributed by atoms with Crippen LogP contribution in [0.4, 0.5) is 0 Å². The smallest absolute Gasteiger partial charge is 0.241 e. The fourth-order valence-electron chi connectivity index (χ4n) is 1.01. The van der Waals surface area contributed by atoms with E-state index in [0.29, 0.717) is 0 Å². The highest BCUT2D eigenvalue weighted by Crippen LogP contribution is 2.09. The number of aliphatic hydroxyl groups excluding tert-OH is 1. The van der Waals surface area contributed by atoms with E-state index in [2.05, 4.69) is 0 Å². The molecule has 1 aromatic carbocycles. The van der Waals surface area contributed by atoms with Crippen LogP contribution in [0.3, 0.4) is 0 Å². The minimum Gasteiger partial charge on any atom is -0.392 e. The maximum absolute atomic E-state index is 10.4. The van der Waals surface area contributed by atoms with E-state index in [9.17, 15) is 4.79 Å². The second kappa shape index (κ2) is 4.42. The van der Waals surface area contributed by atoms with Gasteiger partial charge >= 0.3 is 0 Å².